The highest BCUT2D eigenvalue weighted by Crippen LogP contribution is 2.33. The van der Waals surface area contributed by atoms with Crippen LogP contribution in [0.1, 0.15) is 38.5 Å². The van der Waals surface area contributed by atoms with Gasteiger partial charge in [0, 0.05) is 56.0 Å². The first-order valence-electron chi connectivity index (χ1n) is 11.5. The van der Waals surface area contributed by atoms with Gasteiger partial charge in [-0.05, 0) is 50.9 Å². The average molecular weight is 409 g/mol. The number of amides is 1. The van der Waals surface area contributed by atoms with E-state index >= 15 is 0 Å². The topological polar surface area (TPSA) is 50.6 Å². The third kappa shape index (κ3) is 4.53. The Hall–Kier alpha value is -2.34. The highest BCUT2D eigenvalue weighted by molar-refractivity contribution is 5.79. The van der Waals surface area contributed by atoms with Gasteiger partial charge in [0.25, 0.3) is 0 Å². The molecule has 160 valence electrons. The molecule has 1 aromatic carbocycles. The predicted molar refractivity (Wildman–Crippen MR) is 116 cm³/mol. The zero-order chi connectivity index (χ0) is 20.3. The molecule has 5 rings (SSSR count). The second kappa shape index (κ2) is 8.80. The summed E-state index contributed by atoms with van der Waals surface area (Å²) in [5.74, 6) is 2.55. The second-order valence-electron chi connectivity index (χ2n) is 9.03. The number of carbonyl (C=O) groups excluding carboxylic acids is 1. The molecule has 0 radical (unpaired) electrons. The van der Waals surface area contributed by atoms with Crippen LogP contribution in [0.5, 0.6) is 5.75 Å². The minimum atomic E-state index is 0.327. The van der Waals surface area contributed by atoms with Gasteiger partial charge < -0.3 is 14.2 Å². The molecule has 30 heavy (non-hydrogen) atoms. The Bertz CT molecular complexity index is 870. The number of likely N-dealkylation sites (tertiary alicyclic amines) is 2. The van der Waals surface area contributed by atoms with Crippen LogP contribution in [0.25, 0.3) is 11.4 Å². The van der Waals surface area contributed by atoms with E-state index in [2.05, 4.69) is 31.5 Å². The number of imidazole rings is 1. The summed E-state index contributed by atoms with van der Waals surface area (Å²) in [6.07, 6.45) is 10.9. The summed E-state index contributed by atoms with van der Waals surface area (Å²) in [7, 11) is 0. The predicted octanol–water partition coefficient (Wildman–Crippen LogP) is 3.43. The molecule has 1 aliphatic carbocycles. The van der Waals surface area contributed by atoms with Crippen molar-refractivity contribution in [1.29, 1.82) is 0 Å². The SMILES string of the molecule is O=C1CC(Cn2ccnc2-c2cccc(OCCN3CCCCC3)c2)CN1C1CC1. The number of nitrogens with zero attached hydrogens (tertiary/aromatic N) is 4. The molecule has 0 bridgehead atoms. The van der Waals surface area contributed by atoms with Gasteiger partial charge in [0.2, 0.25) is 5.91 Å². The van der Waals surface area contributed by atoms with E-state index in [0.717, 1.165) is 43.4 Å². The maximum Gasteiger partial charge on any atom is 0.223 e. The van der Waals surface area contributed by atoms with Gasteiger partial charge in [-0.15, -0.1) is 0 Å². The Balaban J connectivity index is 1.20. The van der Waals surface area contributed by atoms with Crippen molar-refractivity contribution in [3.8, 4) is 17.1 Å². The van der Waals surface area contributed by atoms with Gasteiger partial charge in [0.1, 0.15) is 18.2 Å². The standard InChI is InChI=1S/C24H32N4O2/c29-23-15-19(18-28(23)21-7-8-21)17-27-12-9-25-24(27)20-5-4-6-22(16-20)30-14-13-26-10-2-1-3-11-26/h4-6,9,12,16,19,21H,1-3,7-8,10-11,13-15,17-18H2. The van der Waals surface area contributed by atoms with Crippen molar-refractivity contribution in [1.82, 2.24) is 19.4 Å². The summed E-state index contributed by atoms with van der Waals surface area (Å²) in [5.41, 5.74) is 1.07. The van der Waals surface area contributed by atoms with Crippen LogP contribution in [0, 0.1) is 5.92 Å². The molecule has 2 aliphatic heterocycles. The van der Waals surface area contributed by atoms with E-state index in [4.69, 9.17) is 4.74 Å². The van der Waals surface area contributed by atoms with Crippen LogP contribution in [0.4, 0.5) is 0 Å². The number of aromatic nitrogens is 2. The molecule has 2 aromatic rings. The monoisotopic (exact) mass is 408 g/mol. The molecular weight excluding hydrogens is 376 g/mol. The third-order valence-corrected chi connectivity index (χ3v) is 6.61. The van der Waals surface area contributed by atoms with Crippen molar-refractivity contribution in [2.24, 2.45) is 5.92 Å². The summed E-state index contributed by atoms with van der Waals surface area (Å²) < 4.78 is 8.25. The number of rotatable bonds is 8. The molecule has 1 unspecified atom stereocenters. The van der Waals surface area contributed by atoms with Crippen LogP contribution in [0.3, 0.4) is 0 Å². The molecule has 3 heterocycles. The van der Waals surface area contributed by atoms with E-state index in [0.29, 0.717) is 24.3 Å². The quantitative estimate of drug-likeness (QED) is 0.672. The van der Waals surface area contributed by atoms with Gasteiger partial charge in [-0.2, -0.15) is 0 Å². The highest BCUT2D eigenvalue weighted by atomic mass is 16.5. The Morgan fingerprint density at radius 2 is 2.00 bits per heavy atom. The van der Waals surface area contributed by atoms with Crippen LogP contribution >= 0.6 is 0 Å². The van der Waals surface area contributed by atoms with Crippen LogP contribution < -0.4 is 4.74 Å². The maximum atomic E-state index is 12.3. The Morgan fingerprint density at radius 3 is 2.83 bits per heavy atom. The van der Waals surface area contributed by atoms with E-state index in [1.165, 1.54) is 45.2 Å². The van der Waals surface area contributed by atoms with Crippen LogP contribution in [0.2, 0.25) is 0 Å². The molecule has 3 fully saturated rings. The molecule has 1 amide bonds. The van der Waals surface area contributed by atoms with Gasteiger partial charge in [-0.1, -0.05) is 18.6 Å². The minimum Gasteiger partial charge on any atom is -0.492 e. The van der Waals surface area contributed by atoms with E-state index in [-0.39, 0.29) is 0 Å². The van der Waals surface area contributed by atoms with Crippen LogP contribution in [0.15, 0.2) is 36.7 Å². The Kier molecular flexibility index (Phi) is 5.75. The summed E-state index contributed by atoms with van der Waals surface area (Å²) >= 11 is 0. The molecular formula is C24H32N4O2. The largest absolute Gasteiger partial charge is 0.492 e. The smallest absolute Gasteiger partial charge is 0.223 e. The van der Waals surface area contributed by atoms with E-state index in [1.807, 2.05) is 24.5 Å². The Morgan fingerprint density at radius 1 is 1.13 bits per heavy atom. The molecule has 2 saturated heterocycles. The maximum absolute atomic E-state index is 12.3. The summed E-state index contributed by atoms with van der Waals surface area (Å²) in [5, 5.41) is 0. The average Bonchev–Trinajstić information content (AvgIpc) is 3.39. The number of piperidine rings is 1. The molecule has 6 heteroatoms. The number of benzene rings is 1. The minimum absolute atomic E-state index is 0.327. The van der Waals surface area contributed by atoms with Crippen LogP contribution in [-0.4, -0.2) is 64.1 Å². The molecule has 6 nitrogen and oxygen atoms in total. The number of ether oxygens (including phenoxy) is 1. The third-order valence-electron chi connectivity index (χ3n) is 6.61. The van der Waals surface area contributed by atoms with Gasteiger partial charge in [-0.25, -0.2) is 4.98 Å². The van der Waals surface area contributed by atoms with Crippen molar-refractivity contribution < 1.29 is 9.53 Å². The van der Waals surface area contributed by atoms with E-state index in [1.54, 1.807) is 0 Å². The Labute approximate surface area is 178 Å². The van der Waals surface area contributed by atoms with Crippen molar-refractivity contribution >= 4 is 5.91 Å². The van der Waals surface area contributed by atoms with Crippen molar-refractivity contribution in [2.45, 2.75) is 51.1 Å². The summed E-state index contributed by atoms with van der Waals surface area (Å²) in [6.45, 7) is 5.83. The zero-order valence-corrected chi connectivity index (χ0v) is 17.7. The van der Waals surface area contributed by atoms with E-state index in [9.17, 15) is 4.79 Å². The first-order valence-corrected chi connectivity index (χ1v) is 11.5. The van der Waals surface area contributed by atoms with Gasteiger partial charge in [-0.3, -0.25) is 9.69 Å². The van der Waals surface area contributed by atoms with E-state index < -0.39 is 0 Å². The molecule has 3 aliphatic rings. The molecule has 1 saturated carbocycles. The van der Waals surface area contributed by atoms with Crippen molar-refractivity contribution in [2.75, 3.05) is 32.8 Å². The second-order valence-corrected chi connectivity index (χ2v) is 9.03. The lowest BCUT2D eigenvalue weighted by molar-refractivity contribution is -0.128. The summed E-state index contributed by atoms with van der Waals surface area (Å²) in [6, 6.07) is 8.76. The first kappa shape index (κ1) is 19.6. The molecule has 1 atom stereocenters. The van der Waals surface area contributed by atoms with Gasteiger partial charge in [0.15, 0.2) is 0 Å². The van der Waals surface area contributed by atoms with Gasteiger partial charge in [0.05, 0.1) is 0 Å². The lowest BCUT2D eigenvalue weighted by atomic mass is 10.1. The highest BCUT2D eigenvalue weighted by Gasteiger charge is 2.39. The molecule has 0 spiro atoms. The summed E-state index contributed by atoms with van der Waals surface area (Å²) in [4.78, 5) is 21.5. The zero-order valence-electron chi connectivity index (χ0n) is 17.7. The lowest BCUT2D eigenvalue weighted by Crippen LogP contribution is -2.33. The number of hydrogen-bond acceptors (Lipinski definition) is 4. The van der Waals surface area contributed by atoms with Crippen molar-refractivity contribution in [3.63, 3.8) is 0 Å². The first-order chi connectivity index (χ1) is 14.8. The molecule has 0 N–H and O–H groups in total. The van der Waals surface area contributed by atoms with Gasteiger partial charge >= 0.3 is 0 Å². The lowest BCUT2D eigenvalue weighted by Gasteiger charge is -2.26. The fraction of sp³-hybridized carbons (Fsp3) is 0.583. The normalized spacial score (nSPS) is 22.6. The van der Waals surface area contributed by atoms with Crippen molar-refractivity contribution in [3.05, 3.63) is 36.7 Å². The number of hydrogen-bond donors (Lipinski definition) is 0. The number of carbonyl (C=O) groups is 1. The van der Waals surface area contributed by atoms with Crippen LogP contribution in [-0.2, 0) is 11.3 Å². The fourth-order valence-electron chi connectivity index (χ4n) is 4.87. The molecule has 1 aromatic heterocycles. The fourth-order valence-corrected chi connectivity index (χ4v) is 4.87.